The number of aromatic nitrogens is 2. The summed E-state index contributed by atoms with van der Waals surface area (Å²) < 4.78 is 38.1. The molecule has 1 heterocycles. The summed E-state index contributed by atoms with van der Waals surface area (Å²) in [5.74, 6) is 0.238. The largest absolute Gasteiger partial charge is 0.435 e. The van der Waals surface area contributed by atoms with Gasteiger partial charge in [-0.1, -0.05) is 0 Å². The van der Waals surface area contributed by atoms with E-state index >= 15 is 0 Å². The van der Waals surface area contributed by atoms with Crippen molar-refractivity contribution in [2.45, 2.75) is 38.4 Å². The monoisotopic (exact) mass is 246 g/mol. The van der Waals surface area contributed by atoms with Crippen molar-refractivity contribution < 1.29 is 18.0 Å². The second kappa shape index (κ2) is 4.50. The summed E-state index contributed by atoms with van der Waals surface area (Å²) in [7, 11) is 0. The summed E-state index contributed by atoms with van der Waals surface area (Å²) in [5.41, 5.74) is -0.879. The van der Waals surface area contributed by atoms with Gasteiger partial charge in [0.2, 0.25) is 0 Å². The van der Waals surface area contributed by atoms with E-state index < -0.39 is 11.9 Å². The Morgan fingerprint density at radius 2 is 2.24 bits per heavy atom. The molecule has 0 spiro atoms. The molecule has 0 N–H and O–H groups in total. The third kappa shape index (κ3) is 2.87. The van der Waals surface area contributed by atoms with Crippen molar-refractivity contribution in [3.63, 3.8) is 0 Å². The smallest absolute Gasteiger partial charge is 0.299 e. The Labute approximate surface area is 96.6 Å². The van der Waals surface area contributed by atoms with Crippen molar-refractivity contribution in [3.8, 4) is 0 Å². The second-order valence-electron chi connectivity index (χ2n) is 4.31. The fourth-order valence-corrected chi connectivity index (χ4v) is 2.12. The number of hydrogen-bond acceptors (Lipinski definition) is 2. The average molecular weight is 246 g/mol. The molecular weight excluding hydrogens is 233 g/mol. The molecule has 1 atom stereocenters. The van der Waals surface area contributed by atoms with Crippen molar-refractivity contribution in [2.75, 3.05) is 0 Å². The highest BCUT2D eigenvalue weighted by atomic mass is 19.4. The van der Waals surface area contributed by atoms with Gasteiger partial charge in [0.1, 0.15) is 5.78 Å². The zero-order valence-electron chi connectivity index (χ0n) is 9.20. The molecule has 0 bridgehead atoms. The lowest BCUT2D eigenvalue weighted by molar-refractivity contribution is -0.141. The Hall–Kier alpha value is -1.33. The standard InChI is InChI=1S/C11H13F3N2O/c12-11(13,14)10-5-7-16(15-10)6-4-8-2-1-3-9(8)17/h5,7-8H,1-4,6H2. The number of Topliss-reactive ketones (excluding diaryl/α,β-unsaturated/α-hetero) is 1. The van der Waals surface area contributed by atoms with Crippen LogP contribution in [-0.2, 0) is 17.5 Å². The predicted octanol–water partition coefficient (Wildman–Crippen LogP) is 2.66. The van der Waals surface area contributed by atoms with Gasteiger partial charge in [-0.3, -0.25) is 9.48 Å². The van der Waals surface area contributed by atoms with Crippen LogP contribution >= 0.6 is 0 Å². The van der Waals surface area contributed by atoms with Crippen LogP contribution in [0.2, 0.25) is 0 Å². The lowest BCUT2D eigenvalue weighted by Gasteiger charge is -2.07. The Kier molecular flexibility index (Phi) is 3.22. The zero-order valence-corrected chi connectivity index (χ0v) is 9.20. The van der Waals surface area contributed by atoms with E-state index in [4.69, 9.17) is 0 Å². The van der Waals surface area contributed by atoms with Crippen molar-refractivity contribution in [2.24, 2.45) is 5.92 Å². The summed E-state index contributed by atoms with van der Waals surface area (Å²) in [5, 5.41) is 3.45. The third-order valence-corrected chi connectivity index (χ3v) is 3.07. The van der Waals surface area contributed by atoms with Crippen LogP contribution in [0, 0.1) is 5.92 Å². The summed E-state index contributed by atoms with van der Waals surface area (Å²) in [6.07, 6.45) is -0.144. The number of alkyl halides is 3. The lowest BCUT2D eigenvalue weighted by atomic mass is 10.0. The Morgan fingerprint density at radius 1 is 1.47 bits per heavy atom. The molecule has 0 amide bonds. The second-order valence-corrected chi connectivity index (χ2v) is 4.31. The van der Waals surface area contributed by atoms with E-state index in [9.17, 15) is 18.0 Å². The van der Waals surface area contributed by atoms with E-state index in [0.717, 1.165) is 18.9 Å². The number of carbonyl (C=O) groups excluding carboxylic acids is 1. The van der Waals surface area contributed by atoms with Gasteiger partial charge in [0, 0.05) is 25.1 Å². The molecule has 3 nitrogen and oxygen atoms in total. The number of nitrogens with zero attached hydrogens (tertiary/aromatic N) is 2. The van der Waals surface area contributed by atoms with Gasteiger partial charge in [-0.2, -0.15) is 18.3 Å². The van der Waals surface area contributed by atoms with Crippen molar-refractivity contribution in [1.82, 2.24) is 9.78 Å². The normalized spacial score (nSPS) is 21.1. The minimum absolute atomic E-state index is 0.00790. The molecule has 1 fully saturated rings. The quantitative estimate of drug-likeness (QED) is 0.821. The molecule has 17 heavy (non-hydrogen) atoms. The highest BCUT2D eigenvalue weighted by Crippen LogP contribution is 2.28. The summed E-state index contributed by atoms with van der Waals surface area (Å²) in [4.78, 5) is 11.4. The van der Waals surface area contributed by atoms with Gasteiger partial charge >= 0.3 is 6.18 Å². The summed E-state index contributed by atoms with van der Waals surface area (Å²) in [6, 6.07) is 0.955. The fraction of sp³-hybridized carbons (Fsp3) is 0.636. The molecule has 0 aliphatic heterocycles. The van der Waals surface area contributed by atoms with Gasteiger partial charge in [0.15, 0.2) is 5.69 Å². The van der Waals surface area contributed by atoms with Crippen molar-refractivity contribution in [1.29, 1.82) is 0 Å². The van der Waals surface area contributed by atoms with Gasteiger partial charge in [-0.25, -0.2) is 0 Å². The molecule has 1 aliphatic rings. The van der Waals surface area contributed by atoms with Gasteiger partial charge in [0.25, 0.3) is 0 Å². The molecule has 94 valence electrons. The van der Waals surface area contributed by atoms with E-state index in [1.807, 2.05) is 0 Å². The number of hydrogen-bond donors (Lipinski definition) is 0. The molecule has 1 saturated carbocycles. The van der Waals surface area contributed by atoms with Gasteiger partial charge < -0.3 is 0 Å². The number of halogens is 3. The van der Waals surface area contributed by atoms with Crippen LogP contribution in [0.25, 0.3) is 0 Å². The van der Waals surface area contributed by atoms with Crippen molar-refractivity contribution in [3.05, 3.63) is 18.0 Å². The summed E-state index contributed by atoms with van der Waals surface area (Å²) in [6.45, 7) is 0.368. The van der Waals surface area contributed by atoms with Crippen LogP contribution in [0.5, 0.6) is 0 Å². The van der Waals surface area contributed by atoms with E-state index in [1.165, 1.54) is 10.9 Å². The average Bonchev–Trinajstić information content (AvgIpc) is 2.82. The maximum atomic E-state index is 12.3. The van der Waals surface area contributed by atoms with Gasteiger partial charge in [0.05, 0.1) is 0 Å². The molecule has 1 aromatic heterocycles. The number of ketones is 1. The first-order valence-corrected chi connectivity index (χ1v) is 5.60. The molecule has 1 aromatic rings. The van der Waals surface area contributed by atoms with E-state index in [-0.39, 0.29) is 11.7 Å². The fourth-order valence-electron chi connectivity index (χ4n) is 2.12. The van der Waals surface area contributed by atoms with Crippen LogP contribution in [0.15, 0.2) is 12.3 Å². The molecule has 6 heteroatoms. The van der Waals surface area contributed by atoms with Crippen LogP contribution < -0.4 is 0 Å². The zero-order chi connectivity index (χ0) is 12.5. The Balaban J connectivity index is 1.91. The highest BCUT2D eigenvalue weighted by Gasteiger charge is 2.33. The first-order valence-electron chi connectivity index (χ1n) is 5.60. The molecule has 0 aromatic carbocycles. The van der Waals surface area contributed by atoms with Gasteiger partial charge in [-0.15, -0.1) is 0 Å². The molecular formula is C11H13F3N2O. The van der Waals surface area contributed by atoms with Crippen molar-refractivity contribution >= 4 is 5.78 Å². The van der Waals surface area contributed by atoms with Crippen LogP contribution in [0.1, 0.15) is 31.4 Å². The minimum Gasteiger partial charge on any atom is -0.299 e. The topological polar surface area (TPSA) is 34.9 Å². The maximum absolute atomic E-state index is 12.3. The SMILES string of the molecule is O=C1CCCC1CCn1ccc(C(F)(F)F)n1. The highest BCUT2D eigenvalue weighted by molar-refractivity contribution is 5.82. The molecule has 0 radical (unpaired) electrons. The maximum Gasteiger partial charge on any atom is 0.435 e. The lowest BCUT2D eigenvalue weighted by Crippen LogP contribution is -2.12. The summed E-state index contributed by atoms with van der Waals surface area (Å²) >= 11 is 0. The van der Waals surface area contributed by atoms with E-state index in [2.05, 4.69) is 5.10 Å². The number of rotatable bonds is 3. The Morgan fingerprint density at radius 3 is 2.76 bits per heavy atom. The molecule has 1 unspecified atom stereocenters. The first kappa shape index (κ1) is 12.1. The van der Waals surface area contributed by atoms with Crippen LogP contribution in [0.4, 0.5) is 13.2 Å². The number of aryl methyl sites for hydroxylation is 1. The molecule has 1 aliphatic carbocycles. The van der Waals surface area contributed by atoms with Crippen LogP contribution in [0.3, 0.4) is 0 Å². The predicted molar refractivity (Wildman–Crippen MR) is 54.2 cm³/mol. The molecule has 0 saturated heterocycles. The first-order chi connectivity index (χ1) is 7.97. The van der Waals surface area contributed by atoms with E-state index in [1.54, 1.807) is 0 Å². The van der Waals surface area contributed by atoms with Crippen LogP contribution in [-0.4, -0.2) is 15.6 Å². The molecule has 2 rings (SSSR count). The Bertz CT molecular complexity index is 411. The third-order valence-electron chi connectivity index (χ3n) is 3.07. The van der Waals surface area contributed by atoms with E-state index in [0.29, 0.717) is 19.4 Å². The van der Waals surface area contributed by atoms with Gasteiger partial charge in [-0.05, 0) is 25.3 Å². The minimum atomic E-state index is -4.39. The number of carbonyl (C=O) groups is 1.